The third-order valence-electron chi connectivity index (χ3n) is 5.81. The summed E-state index contributed by atoms with van der Waals surface area (Å²) in [7, 11) is -4.20. The first-order valence-electron chi connectivity index (χ1n) is 11.3. The monoisotopic (exact) mass is 498 g/mol. The molecule has 3 rings (SSSR count). The van der Waals surface area contributed by atoms with Gasteiger partial charge in [-0.1, -0.05) is 41.5 Å². The largest absolute Gasteiger partial charge is 0.426 e. The van der Waals surface area contributed by atoms with Crippen LogP contribution in [-0.2, 0) is 19.7 Å². The van der Waals surface area contributed by atoms with Gasteiger partial charge in [0.25, 0.3) is 0 Å². The van der Waals surface area contributed by atoms with Gasteiger partial charge >= 0.3 is 22.1 Å². The van der Waals surface area contributed by atoms with E-state index < -0.39 is 22.1 Å². The van der Waals surface area contributed by atoms with E-state index in [-0.39, 0.29) is 34.0 Å². The summed E-state index contributed by atoms with van der Waals surface area (Å²) in [5.74, 6) is -1.53. The topological polar surface area (TPSA) is 96.0 Å². The molecule has 1 aliphatic carbocycles. The quantitative estimate of drug-likeness (QED) is 0.211. The minimum Gasteiger partial charge on any atom is -0.426 e. The highest BCUT2D eigenvalue weighted by atomic mass is 32.2. The molecule has 35 heavy (non-hydrogen) atoms. The maximum atomic E-state index is 12.9. The van der Waals surface area contributed by atoms with Crippen LogP contribution < -0.4 is 13.7 Å². The summed E-state index contributed by atoms with van der Waals surface area (Å²) in [5, 5.41) is 0. The second-order valence-electron chi connectivity index (χ2n) is 8.90. The first-order chi connectivity index (χ1) is 16.4. The summed E-state index contributed by atoms with van der Waals surface area (Å²) >= 11 is 0. The molecule has 0 fully saturated rings. The summed E-state index contributed by atoms with van der Waals surface area (Å²) in [4.78, 5) is 23.9. The van der Waals surface area contributed by atoms with E-state index in [2.05, 4.69) is 6.58 Å². The molecule has 0 saturated heterocycles. The minimum absolute atomic E-state index is 0.00498. The molecule has 2 aromatic carbocycles. The predicted molar refractivity (Wildman–Crippen MR) is 132 cm³/mol. The van der Waals surface area contributed by atoms with Crippen LogP contribution in [-0.4, -0.2) is 20.4 Å². The predicted octanol–water partition coefficient (Wildman–Crippen LogP) is 5.63. The van der Waals surface area contributed by atoms with Gasteiger partial charge in [0.15, 0.2) is 0 Å². The first kappa shape index (κ1) is 26.2. The molecule has 0 bridgehead atoms. The lowest BCUT2D eigenvalue weighted by molar-refractivity contribution is -0.132. The highest BCUT2D eigenvalue weighted by molar-refractivity contribution is 7.87. The van der Waals surface area contributed by atoms with Crippen LogP contribution in [0.15, 0.2) is 65.1 Å². The number of rotatable bonds is 7. The normalized spacial score (nSPS) is 17.8. The average molecular weight is 499 g/mol. The van der Waals surface area contributed by atoms with Crippen LogP contribution >= 0.6 is 0 Å². The summed E-state index contributed by atoms with van der Waals surface area (Å²) in [6.45, 7) is 12.4. The van der Waals surface area contributed by atoms with Gasteiger partial charge < -0.3 is 13.7 Å². The molecule has 0 heterocycles. The maximum Gasteiger partial charge on any atom is 0.339 e. The van der Waals surface area contributed by atoms with Crippen molar-refractivity contribution in [1.82, 2.24) is 0 Å². The van der Waals surface area contributed by atoms with Crippen molar-refractivity contribution in [2.45, 2.75) is 58.3 Å². The fourth-order valence-electron chi connectivity index (χ4n) is 4.22. The van der Waals surface area contributed by atoms with E-state index in [1.54, 1.807) is 12.1 Å². The van der Waals surface area contributed by atoms with Gasteiger partial charge in [-0.15, -0.1) is 0 Å². The van der Waals surface area contributed by atoms with E-state index in [1.807, 2.05) is 26.8 Å². The van der Waals surface area contributed by atoms with Crippen molar-refractivity contribution in [3.8, 4) is 17.2 Å². The maximum absolute atomic E-state index is 12.9. The van der Waals surface area contributed by atoms with Gasteiger partial charge in [0.05, 0.1) is 0 Å². The lowest BCUT2D eigenvalue weighted by atomic mass is 9.74. The Balaban J connectivity index is 2.19. The summed E-state index contributed by atoms with van der Waals surface area (Å²) < 4.78 is 42.1. The molecule has 0 amide bonds. The van der Waals surface area contributed by atoms with Crippen molar-refractivity contribution < 1.29 is 31.7 Å². The fourth-order valence-corrected chi connectivity index (χ4v) is 5.13. The second-order valence-corrected chi connectivity index (χ2v) is 10.4. The summed E-state index contributed by atoms with van der Waals surface area (Å²) in [6.07, 6.45) is 3.75. The Labute approximate surface area is 206 Å². The zero-order chi connectivity index (χ0) is 25.9. The van der Waals surface area contributed by atoms with E-state index in [9.17, 15) is 18.0 Å². The lowest BCUT2D eigenvalue weighted by Crippen LogP contribution is -2.20. The van der Waals surface area contributed by atoms with Crippen molar-refractivity contribution in [3.63, 3.8) is 0 Å². The van der Waals surface area contributed by atoms with Gasteiger partial charge in [-0.3, -0.25) is 9.59 Å². The molecule has 8 heteroatoms. The second kappa shape index (κ2) is 10.5. The zero-order valence-corrected chi connectivity index (χ0v) is 21.4. The number of benzene rings is 2. The number of hydrogen-bond acceptors (Lipinski definition) is 7. The molecule has 0 N–H and O–H groups in total. The van der Waals surface area contributed by atoms with Crippen molar-refractivity contribution >= 4 is 22.1 Å². The van der Waals surface area contributed by atoms with Gasteiger partial charge in [-0.05, 0) is 51.7 Å². The highest BCUT2D eigenvalue weighted by Gasteiger charge is 2.33. The van der Waals surface area contributed by atoms with E-state index in [0.29, 0.717) is 5.56 Å². The van der Waals surface area contributed by atoms with Gasteiger partial charge in [0.1, 0.15) is 22.1 Å². The molecular formula is C27H30O7S. The van der Waals surface area contributed by atoms with Crippen LogP contribution in [0.4, 0.5) is 0 Å². The van der Waals surface area contributed by atoms with Crippen LogP contribution in [0.3, 0.4) is 0 Å². The first-order valence-corrected chi connectivity index (χ1v) is 12.7. The van der Waals surface area contributed by atoms with Crippen molar-refractivity contribution in [1.29, 1.82) is 0 Å². The third kappa shape index (κ3) is 6.39. The molecule has 0 saturated carbocycles. The van der Waals surface area contributed by atoms with E-state index >= 15 is 0 Å². The lowest BCUT2D eigenvalue weighted by Gasteiger charge is -2.32. The number of ether oxygens (including phenoxy) is 2. The standard InChI is InChI=1S/C27H30O7S/c1-16(2)23-12-9-18(4)13-24(23)27-25(32-19(5)28)14-21(15-26(27)33-20(6)29)34-35(30,31)22-10-7-17(3)8-11-22/h7-8,10-11,13-15,23-24H,1,9,12H2,2-6H3/t23-,24+/m0/s1. The van der Waals surface area contributed by atoms with Gasteiger partial charge in [0.2, 0.25) is 0 Å². The number of allylic oxidation sites excluding steroid dienone is 3. The van der Waals surface area contributed by atoms with E-state index in [1.165, 1.54) is 38.1 Å². The van der Waals surface area contributed by atoms with Crippen LogP contribution in [0, 0.1) is 12.8 Å². The molecule has 0 aliphatic heterocycles. The molecular weight excluding hydrogens is 468 g/mol. The van der Waals surface area contributed by atoms with Crippen LogP contribution in [0.25, 0.3) is 0 Å². The van der Waals surface area contributed by atoms with Gasteiger partial charge in [-0.2, -0.15) is 8.42 Å². The van der Waals surface area contributed by atoms with Gasteiger partial charge in [-0.25, -0.2) is 0 Å². The number of carbonyl (C=O) groups is 2. The van der Waals surface area contributed by atoms with Crippen LogP contribution in [0.5, 0.6) is 17.2 Å². The highest BCUT2D eigenvalue weighted by Crippen LogP contribution is 2.48. The Kier molecular flexibility index (Phi) is 7.85. The van der Waals surface area contributed by atoms with E-state index in [4.69, 9.17) is 13.7 Å². The molecule has 1 aliphatic rings. The number of esters is 2. The third-order valence-corrected chi connectivity index (χ3v) is 7.08. The molecule has 0 unspecified atom stereocenters. The summed E-state index contributed by atoms with van der Waals surface area (Å²) in [6, 6.07) is 8.86. The fraction of sp³-hybridized carbons (Fsp3) is 0.333. The van der Waals surface area contributed by atoms with Crippen LogP contribution in [0.2, 0.25) is 0 Å². The molecule has 186 valence electrons. The van der Waals surface area contributed by atoms with Crippen molar-refractivity contribution in [3.05, 3.63) is 71.3 Å². The number of aryl methyl sites for hydroxylation is 1. The molecule has 7 nitrogen and oxygen atoms in total. The number of hydrogen-bond donors (Lipinski definition) is 0. The number of carbonyl (C=O) groups excluding carboxylic acids is 2. The Hall–Kier alpha value is -3.39. The van der Waals surface area contributed by atoms with Crippen molar-refractivity contribution in [2.75, 3.05) is 0 Å². The Bertz CT molecular complexity index is 1250. The van der Waals surface area contributed by atoms with Gasteiger partial charge in [0, 0.05) is 37.5 Å². The Morgan fingerprint density at radius 3 is 1.97 bits per heavy atom. The van der Waals surface area contributed by atoms with E-state index in [0.717, 1.165) is 29.6 Å². The summed E-state index contributed by atoms with van der Waals surface area (Å²) in [5.41, 5.74) is 3.42. The Morgan fingerprint density at radius 2 is 1.49 bits per heavy atom. The molecule has 0 radical (unpaired) electrons. The van der Waals surface area contributed by atoms with Crippen LogP contribution in [0.1, 0.15) is 57.6 Å². The Morgan fingerprint density at radius 1 is 0.943 bits per heavy atom. The zero-order valence-electron chi connectivity index (χ0n) is 20.6. The molecule has 2 atom stereocenters. The molecule has 2 aromatic rings. The molecule has 0 spiro atoms. The smallest absolute Gasteiger partial charge is 0.339 e. The molecule has 0 aromatic heterocycles. The SMILES string of the molecule is C=C(C)[C@@H]1CCC(C)=C[C@H]1c1c(OC(C)=O)cc(OS(=O)(=O)c2ccc(C)cc2)cc1OC(C)=O. The minimum atomic E-state index is -4.20. The average Bonchev–Trinajstić information content (AvgIpc) is 2.72. The van der Waals surface area contributed by atoms with Crippen molar-refractivity contribution in [2.24, 2.45) is 5.92 Å².